The topological polar surface area (TPSA) is 210 Å². The first kappa shape index (κ1) is 23.1. The zero-order valence-corrected chi connectivity index (χ0v) is 18.0. The zero-order chi connectivity index (χ0) is 25.3. The number of primary amides is 1. The van der Waals surface area contributed by atoms with E-state index in [9.17, 15) is 39.6 Å². The van der Waals surface area contributed by atoms with Gasteiger partial charge in [0.15, 0.2) is 11.4 Å². The third-order valence-electron chi connectivity index (χ3n) is 6.67. The van der Waals surface area contributed by atoms with Crippen molar-refractivity contribution in [2.24, 2.45) is 17.6 Å². The van der Waals surface area contributed by atoms with Gasteiger partial charge in [-0.25, -0.2) is 0 Å². The molecule has 1 saturated carbocycles. The van der Waals surface area contributed by atoms with Crippen molar-refractivity contribution in [3.05, 3.63) is 46.7 Å². The number of Topliss-reactive ketones (excluding diaryl/α,β-unsaturated/α-hetero) is 2. The van der Waals surface area contributed by atoms with Gasteiger partial charge in [-0.3, -0.25) is 19.2 Å². The molecule has 0 spiro atoms. The third-order valence-corrected chi connectivity index (χ3v) is 6.67. The predicted octanol–water partition coefficient (Wildman–Crippen LogP) is 0.408. The highest BCUT2D eigenvalue weighted by atomic mass is 16.5. The predicted molar refractivity (Wildman–Crippen MR) is 117 cm³/mol. The first-order valence-corrected chi connectivity index (χ1v) is 10.3. The molecule has 8 N–H and O–H groups in total. The maximum Gasteiger partial charge on any atom is 0.305 e. The van der Waals surface area contributed by atoms with Crippen molar-refractivity contribution >= 4 is 40.5 Å². The first-order valence-electron chi connectivity index (χ1n) is 10.3. The van der Waals surface area contributed by atoms with E-state index in [0.29, 0.717) is 0 Å². The van der Waals surface area contributed by atoms with Gasteiger partial charge in [0.05, 0.1) is 22.7 Å². The number of ether oxygens (including phenoxy) is 1. The Morgan fingerprint density at radius 3 is 2.47 bits per heavy atom. The second-order valence-electron chi connectivity index (χ2n) is 8.42. The molecule has 1 aromatic rings. The molecule has 3 aliphatic rings. The van der Waals surface area contributed by atoms with Crippen LogP contribution < -0.4 is 11.5 Å². The SMILES string of the molecule is C=C1c2ccc(N)c(O)c2C(O)=C2C(=O)[C@]3(O)C(O)=C(C(N)=O)C(=O)C[C@@H]3[C@@H](OC(=O)CC)[C@H]12. The van der Waals surface area contributed by atoms with Crippen LogP contribution in [-0.4, -0.2) is 55.6 Å². The molecule has 0 aromatic heterocycles. The van der Waals surface area contributed by atoms with Crippen molar-refractivity contribution < 1.29 is 44.3 Å². The molecule has 0 bridgehead atoms. The largest absolute Gasteiger partial charge is 0.508 e. The van der Waals surface area contributed by atoms with Crippen LogP contribution >= 0.6 is 0 Å². The smallest absolute Gasteiger partial charge is 0.305 e. The van der Waals surface area contributed by atoms with E-state index in [1.807, 2.05) is 0 Å². The van der Waals surface area contributed by atoms with Crippen molar-refractivity contribution in [2.45, 2.75) is 31.5 Å². The van der Waals surface area contributed by atoms with E-state index in [4.69, 9.17) is 16.2 Å². The number of carbonyl (C=O) groups excluding carboxylic acids is 4. The highest BCUT2D eigenvalue weighted by molar-refractivity contribution is 6.23. The molecule has 1 amide bonds. The van der Waals surface area contributed by atoms with Gasteiger partial charge in [-0.2, -0.15) is 0 Å². The van der Waals surface area contributed by atoms with Crippen LogP contribution in [0.3, 0.4) is 0 Å². The average Bonchev–Trinajstić information content (AvgIpc) is 2.77. The molecule has 11 heteroatoms. The minimum absolute atomic E-state index is 0.101. The molecular weight excluding hydrogens is 448 g/mol. The van der Waals surface area contributed by atoms with Crippen LogP contribution in [0.2, 0.25) is 0 Å². The number of esters is 1. The summed E-state index contributed by atoms with van der Waals surface area (Å²) in [4.78, 5) is 50.4. The van der Waals surface area contributed by atoms with Gasteiger partial charge in [-0.1, -0.05) is 19.6 Å². The molecule has 11 nitrogen and oxygen atoms in total. The number of carbonyl (C=O) groups is 4. The number of aliphatic hydroxyl groups excluding tert-OH is 2. The molecule has 0 heterocycles. The average molecular weight is 470 g/mol. The van der Waals surface area contributed by atoms with Crippen molar-refractivity contribution in [2.75, 3.05) is 5.73 Å². The summed E-state index contributed by atoms with van der Waals surface area (Å²) in [7, 11) is 0. The van der Waals surface area contributed by atoms with Gasteiger partial charge in [0.1, 0.15) is 28.9 Å². The highest BCUT2D eigenvalue weighted by Crippen LogP contribution is 2.56. The Hall–Kier alpha value is -4.12. The lowest BCUT2D eigenvalue weighted by molar-refractivity contribution is -0.174. The lowest BCUT2D eigenvalue weighted by Crippen LogP contribution is -2.64. The molecule has 1 aromatic carbocycles. The minimum Gasteiger partial charge on any atom is -0.508 e. The molecule has 178 valence electrons. The van der Waals surface area contributed by atoms with Crippen LogP contribution in [0, 0.1) is 11.8 Å². The summed E-state index contributed by atoms with van der Waals surface area (Å²) >= 11 is 0. The fraction of sp³-hybridized carbons (Fsp3) is 0.304. The Morgan fingerprint density at radius 1 is 1.24 bits per heavy atom. The summed E-state index contributed by atoms with van der Waals surface area (Å²) < 4.78 is 5.53. The maximum absolute atomic E-state index is 13.6. The number of hydrogen-bond donors (Lipinski definition) is 6. The van der Waals surface area contributed by atoms with E-state index in [1.54, 1.807) is 0 Å². The molecule has 0 radical (unpaired) electrons. The third kappa shape index (κ3) is 2.80. The van der Waals surface area contributed by atoms with E-state index in [1.165, 1.54) is 19.1 Å². The number of aliphatic hydroxyl groups is 3. The molecular formula is C23H22N2O9. The van der Waals surface area contributed by atoms with Crippen LogP contribution in [0.4, 0.5) is 5.69 Å². The number of phenolic OH excluding ortho intramolecular Hbond substituents is 1. The second-order valence-corrected chi connectivity index (χ2v) is 8.42. The van der Waals surface area contributed by atoms with Gasteiger partial charge >= 0.3 is 5.97 Å². The van der Waals surface area contributed by atoms with Crippen molar-refractivity contribution in [3.63, 3.8) is 0 Å². The van der Waals surface area contributed by atoms with E-state index in [2.05, 4.69) is 6.58 Å². The van der Waals surface area contributed by atoms with E-state index in [0.717, 1.165) is 0 Å². The fourth-order valence-corrected chi connectivity index (χ4v) is 5.00. The summed E-state index contributed by atoms with van der Waals surface area (Å²) in [6.45, 7) is 5.45. The van der Waals surface area contributed by atoms with Gasteiger partial charge in [0.25, 0.3) is 5.91 Å². The standard InChI is InChI=1S/C23H22N2O9/c1-3-12(27)34-19-9-6-11(26)15(22(25)32)20(30)23(9,33)21(31)16-13(19)7(2)8-4-5-10(24)17(28)14(8)18(16)29/h4-5,9,13,19,28-30,33H,2-3,6,24H2,1H3,(H2,25,32)/t9-,13-,19-,23-/m1/s1. The van der Waals surface area contributed by atoms with Gasteiger partial charge in [-0.15, -0.1) is 0 Å². The van der Waals surface area contributed by atoms with E-state index >= 15 is 0 Å². The van der Waals surface area contributed by atoms with E-state index in [-0.39, 0.29) is 28.8 Å². The van der Waals surface area contributed by atoms with Crippen molar-refractivity contribution in [3.8, 4) is 5.75 Å². The number of amides is 1. The van der Waals surface area contributed by atoms with Crippen LogP contribution in [0.1, 0.15) is 30.9 Å². The van der Waals surface area contributed by atoms with Crippen molar-refractivity contribution in [1.29, 1.82) is 0 Å². The number of ketones is 2. The van der Waals surface area contributed by atoms with Crippen LogP contribution in [0.5, 0.6) is 5.75 Å². The maximum atomic E-state index is 13.6. The number of anilines is 1. The summed E-state index contributed by atoms with van der Waals surface area (Å²) in [6.07, 6.45) is -2.21. The van der Waals surface area contributed by atoms with Crippen LogP contribution in [-0.2, 0) is 23.9 Å². The Morgan fingerprint density at radius 2 is 1.88 bits per heavy atom. The van der Waals surface area contributed by atoms with E-state index < -0.39 is 81.8 Å². The molecule has 0 saturated heterocycles. The van der Waals surface area contributed by atoms with Crippen LogP contribution in [0.15, 0.2) is 35.6 Å². The Labute approximate surface area is 192 Å². The molecule has 34 heavy (non-hydrogen) atoms. The number of fused-ring (bicyclic) bond motifs is 3. The Kier molecular flexibility index (Phi) is 5.05. The number of hydrogen-bond acceptors (Lipinski definition) is 10. The van der Waals surface area contributed by atoms with Gasteiger partial charge in [0.2, 0.25) is 5.78 Å². The number of nitrogen functional groups attached to an aromatic ring is 1. The second kappa shape index (κ2) is 7.45. The first-order chi connectivity index (χ1) is 15.9. The summed E-state index contributed by atoms with van der Waals surface area (Å²) in [6, 6.07) is 2.79. The molecule has 1 fully saturated rings. The summed E-state index contributed by atoms with van der Waals surface area (Å²) in [5.74, 6) is -9.72. The fourth-order valence-electron chi connectivity index (χ4n) is 5.00. The Bertz CT molecular complexity index is 1280. The molecule has 4 atom stereocenters. The summed E-state index contributed by atoms with van der Waals surface area (Å²) in [5.41, 5.74) is 6.48. The quantitative estimate of drug-likeness (QED) is 0.155. The van der Waals surface area contributed by atoms with Crippen molar-refractivity contribution in [1.82, 2.24) is 0 Å². The Balaban J connectivity index is 2.07. The molecule has 3 aliphatic carbocycles. The number of rotatable bonds is 3. The molecule has 4 rings (SSSR count). The number of benzene rings is 1. The molecule has 0 unspecified atom stereocenters. The van der Waals surface area contributed by atoms with Crippen LogP contribution in [0.25, 0.3) is 11.3 Å². The number of nitrogens with two attached hydrogens (primary N) is 2. The summed E-state index contributed by atoms with van der Waals surface area (Å²) in [5, 5.41) is 43.7. The molecule has 0 aliphatic heterocycles. The number of phenols is 1. The van der Waals surface area contributed by atoms with Gasteiger partial charge in [-0.05, 0) is 17.2 Å². The normalized spacial score (nSPS) is 28.3. The lowest BCUT2D eigenvalue weighted by Gasteiger charge is -2.50. The monoisotopic (exact) mass is 470 g/mol. The van der Waals surface area contributed by atoms with Gasteiger partial charge < -0.3 is 36.6 Å². The zero-order valence-electron chi connectivity index (χ0n) is 18.0. The highest BCUT2D eigenvalue weighted by Gasteiger charge is 2.65. The van der Waals surface area contributed by atoms with Gasteiger partial charge in [0, 0.05) is 18.8 Å². The minimum atomic E-state index is -2.93. The lowest BCUT2D eigenvalue weighted by atomic mass is 9.56. The number of aromatic hydroxyl groups is 1.